The van der Waals surface area contributed by atoms with Crippen LogP contribution in [-0.2, 0) is 0 Å². The predicted octanol–water partition coefficient (Wildman–Crippen LogP) is 18.8. The largest absolute Gasteiger partial charge is 0.307 e. The quantitative estimate of drug-likeness (QED) is 0.137. The lowest BCUT2D eigenvalue weighted by Gasteiger charge is -2.22. The van der Waals surface area contributed by atoms with Gasteiger partial charge in [-0.2, -0.15) is 0 Å². The highest BCUT2D eigenvalue weighted by molar-refractivity contribution is 6.14. The summed E-state index contributed by atoms with van der Waals surface area (Å²) >= 11 is 0. The predicted molar refractivity (Wildman–Crippen MR) is 330 cm³/mol. The molecule has 15 rings (SSSR count). The molecule has 0 N–H and O–H groups in total. The summed E-state index contributed by atoms with van der Waals surface area (Å²) < 4.78 is 4.89. The number of rotatable bonds is 10. The van der Waals surface area contributed by atoms with Gasteiger partial charge in [-0.05, 0) is 82.9 Å². The molecule has 0 spiro atoms. The number of hydrogen-bond donors (Lipinski definition) is 0. The molecule has 0 bridgehead atoms. The third-order valence-corrected chi connectivity index (χ3v) is 15.3. The van der Waals surface area contributed by atoms with E-state index in [2.05, 4.69) is 276 Å². The van der Waals surface area contributed by atoms with Gasteiger partial charge in [-0.15, -0.1) is 0 Å². The molecule has 0 atom stereocenters. The molecule has 0 unspecified atom stereocenters. The molecule has 374 valence electrons. The van der Waals surface area contributed by atoms with Gasteiger partial charge in [0.2, 0.25) is 0 Å². The zero-order valence-electron chi connectivity index (χ0n) is 43.4. The molecular formula is C74H48N6. The van der Waals surface area contributed by atoms with Crippen molar-refractivity contribution in [3.63, 3.8) is 0 Å². The van der Waals surface area contributed by atoms with Crippen molar-refractivity contribution in [1.29, 1.82) is 0 Å². The summed E-state index contributed by atoms with van der Waals surface area (Å²) in [4.78, 5) is 22.4. The van der Waals surface area contributed by atoms with Crippen LogP contribution in [0.1, 0.15) is 0 Å². The molecule has 0 saturated heterocycles. The zero-order chi connectivity index (χ0) is 52.9. The summed E-state index contributed by atoms with van der Waals surface area (Å²) in [6, 6.07) is 103. The fraction of sp³-hybridized carbons (Fsp3) is 0. The van der Waals surface area contributed by atoms with Crippen molar-refractivity contribution in [3.05, 3.63) is 291 Å². The van der Waals surface area contributed by atoms with E-state index in [4.69, 9.17) is 19.9 Å². The SMILES string of the molecule is c1ccc(-c2ccc3c(c2)c2cc(-c4ccccc4)ccc2n3-c2cc(-c3nc(-c4ccccc4)cc(-c4ccccc4)n3)cc(-c3nc(-c4ccccc4)cc(-c4ccccc4)n3)c2-n2c3ccccc3c3ccccc32)cc1. The fourth-order valence-electron chi connectivity index (χ4n) is 11.6. The summed E-state index contributed by atoms with van der Waals surface area (Å²) in [5.41, 5.74) is 19.4. The Morgan fingerprint density at radius 3 is 0.950 bits per heavy atom. The highest BCUT2D eigenvalue weighted by atomic mass is 15.1. The second-order valence-electron chi connectivity index (χ2n) is 20.2. The normalized spacial score (nSPS) is 11.5. The molecule has 15 aromatic rings. The van der Waals surface area contributed by atoms with Crippen LogP contribution in [0.3, 0.4) is 0 Å². The van der Waals surface area contributed by atoms with E-state index in [-0.39, 0.29) is 0 Å². The van der Waals surface area contributed by atoms with Gasteiger partial charge in [0.1, 0.15) is 0 Å². The number of nitrogens with zero attached hydrogens (tertiary/aromatic N) is 6. The molecular weight excluding hydrogens is 973 g/mol. The van der Waals surface area contributed by atoms with Crippen molar-refractivity contribution in [2.45, 2.75) is 0 Å². The second-order valence-corrected chi connectivity index (χ2v) is 20.2. The van der Waals surface area contributed by atoms with Crippen LogP contribution >= 0.6 is 0 Å². The number of aromatic nitrogens is 6. The minimum absolute atomic E-state index is 0.561. The van der Waals surface area contributed by atoms with Gasteiger partial charge >= 0.3 is 0 Å². The second kappa shape index (κ2) is 19.6. The van der Waals surface area contributed by atoms with Crippen molar-refractivity contribution >= 4 is 43.6 Å². The van der Waals surface area contributed by atoms with E-state index in [0.29, 0.717) is 11.6 Å². The van der Waals surface area contributed by atoms with E-state index < -0.39 is 0 Å². The van der Waals surface area contributed by atoms with Gasteiger partial charge in [0.05, 0.1) is 56.2 Å². The molecule has 0 saturated carbocycles. The summed E-state index contributed by atoms with van der Waals surface area (Å²) in [6.07, 6.45) is 0. The molecule has 4 heterocycles. The standard InChI is InChI=1S/C74H48N6/c1-7-23-49(24-8-1)55-39-41-69-60(43-55)61-44-56(50-25-9-2-10-26-50)40-42-70(61)79(69)71-46-57(73-75-63(51-27-11-3-12-28-51)47-64(76-73)52-29-13-4-14-30-52)45-62(72(71)80-67-37-21-19-35-58(67)59-36-20-22-38-68(59)80)74-77-65(53-31-15-5-16-32-53)48-66(78-74)54-33-17-6-18-34-54/h1-48H. The van der Waals surface area contributed by atoms with Gasteiger partial charge in [-0.3, -0.25) is 0 Å². The van der Waals surface area contributed by atoms with Crippen molar-refractivity contribution in [1.82, 2.24) is 29.1 Å². The average molecular weight is 1020 g/mol. The molecule has 0 aliphatic carbocycles. The first kappa shape index (κ1) is 46.5. The van der Waals surface area contributed by atoms with Gasteiger partial charge in [-0.25, -0.2) is 19.9 Å². The fourth-order valence-corrected chi connectivity index (χ4v) is 11.6. The first-order chi connectivity index (χ1) is 39.7. The molecule has 6 heteroatoms. The number of benzene rings is 11. The van der Waals surface area contributed by atoms with Crippen LogP contribution in [0, 0.1) is 0 Å². The smallest absolute Gasteiger partial charge is 0.162 e. The van der Waals surface area contributed by atoms with E-state index in [9.17, 15) is 0 Å². The summed E-state index contributed by atoms with van der Waals surface area (Å²) in [5.74, 6) is 1.13. The highest BCUT2D eigenvalue weighted by Gasteiger charge is 2.27. The summed E-state index contributed by atoms with van der Waals surface area (Å²) in [6.45, 7) is 0. The number of fused-ring (bicyclic) bond motifs is 6. The zero-order valence-corrected chi connectivity index (χ0v) is 43.4. The lowest BCUT2D eigenvalue weighted by atomic mass is 10.0. The minimum atomic E-state index is 0.561. The summed E-state index contributed by atoms with van der Waals surface area (Å²) in [7, 11) is 0. The Kier molecular flexibility index (Phi) is 11.4. The lowest BCUT2D eigenvalue weighted by Crippen LogP contribution is -2.09. The Bertz CT molecular complexity index is 4520. The van der Waals surface area contributed by atoms with Crippen LogP contribution in [-0.4, -0.2) is 29.1 Å². The Labute approximate surface area is 462 Å². The molecule has 0 fully saturated rings. The topological polar surface area (TPSA) is 61.4 Å². The molecule has 0 aliphatic heterocycles. The van der Waals surface area contributed by atoms with Crippen molar-refractivity contribution < 1.29 is 0 Å². The number of para-hydroxylation sites is 2. The van der Waals surface area contributed by atoms with Gasteiger partial charge in [-0.1, -0.05) is 231 Å². The van der Waals surface area contributed by atoms with Gasteiger partial charge in [0, 0.05) is 54.9 Å². The van der Waals surface area contributed by atoms with Crippen molar-refractivity contribution in [3.8, 4) is 101 Å². The highest BCUT2D eigenvalue weighted by Crippen LogP contribution is 2.46. The minimum Gasteiger partial charge on any atom is -0.307 e. The first-order valence-electron chi connectivity index (χ1n) is 27.0. The third kappa shape index (κ3) is 8.22. The average Bonchev–Trinajstić information content (AvgIpc) is 4.11. The van der Waals surface area contributed by atoms with Crippen LogP contribution in [0.4, 0.5) is 0 Å². The van der Waals surface area contributed by atoms with E-state index in [1.165, 1.54) is 0 Å². The van der Waals surface area contributed by atoms with Crippen LogP contribution in [0.25, 0.3) is 145 Å². The van der Waals surface area contributed by atoms with Gasteiger partial charge < -0.3 is 9.13 Å². The first-order valence-corrected chi connectivity index (χ1v) is 27.0. The molecule has 4 aromatic heterocycles. The van der Waals surface area contributed by atoms with Crippen LogP contribution in [0.15, 0.2) is 291 Å². The van der Waals surface area contributed by atoms with Gasteiger partial charge in [0.25, 0.3) is 0 Å². The number of hydrogen-bond acceptors (Lipinski definition) is 4. The molecule has 80 heavy (non-hydrogen) atoms. The van der Waals surface area contributed by atoms with Crippen molar-refractivity contribution in [2.75, 3.05) is 0 Å². The van der Waals surface area contributed by atoms with E-state index >= 15 is 0 Å². The maximum Gasteiger partial charge on any atom is 0.162 e. The lowest BCUT2D eigenvalue weighted by molar-refractivity contribution is 1.08. The van der Waals surface area contributed by atoms with Crippen LogP contribution in [0.5, 0.6) is 0 Å². The molecule has 6 nitrogen and oxygen atoms in total. The van der Waals surface area contributed by atoms with E-state index in [0.717, 1.165) is 133 Å². The van der Waals surface area contributed by atoms with E-state index in [1.54, 1.807) is 0 Å². The molecule has 11 aromatic carbocycles. The third-order valence-electron chi connectivity index (χ3n) is 15.3. The molecule has 0 radical (unpaired) electrons. The van der Waals surface area contributed by atoms with E-state index in [1.807, 2.05) is 24.3 Å². The maximum atomic E-state index is 5.66. The Morgan fingerprint density at radius 1 is 0.212 bits per heavy atom. The summed E-state index contributed by atoms with van der Waals surface area (Å²) in [5, 5.41) is 4.53. The Balaban J connectivity index is 1.13. The maximum absolute atomic E-state index is 5.66. The van der Waals surface area contributed by atoms with Crippen LogP contribution in [0.2, 0.25) is 0 Å². The molecule has 0 aliphatic rings. The molecule has 0 amide bonds. The van der Waals surface area contributed by atoms with Crippen LogP contribution < -0.4 is 0 Å². The Morgan fingerprint density at radius 2 is 0.550 bits per heavy atom. The van der Waals surface area contributed by atoms with Crippen molar-refractivity contribution in [2.24, 2.45) is 0 Å². The van der Waals surface area contributed by atoms with Gasteiger partial charge in [0.15, 0.2) is 11.6 Å². The Hall–Kier alpha value is -10.8. The monoisotopic (exact) mass is 1020 g/mol.